The summed E-state index contributed by atoms with van der Waals surface area (Å²) < 4.78 is 0. The molecule has 2 nitrogen and oxygen atoms in total. The largest absolute Gasteiger partial charge is 0.393 e. The molecule has 1 aliphatic heterocycles. The van der Waals surface area contributed by atoms with Crippen LogP contribution in [0.15, 0.2) is 0 Å². The van der Waals surface area contributed by atoms with E-state index in [1.807, 2.05) is 0 Å². The molecule has 7 rings (SSSR count). The van der Waals surface area contributed by atoms with Gasteiger partial charge >= 0.3 is 0 Å². The van der Waals surface area contributed by atoms with Gasteiger partial charge in [0.2, 0.25) is 0 Å². The van der Waals surface area contributed by atoms with Gasteiger partial charge in [-0.15, -0.1) is 0 Å². The fraction of sp³-hybridized carbons (Fsp3) is 1.00. The number of nitrogens with one attached hydrogen (secondary N) is 1. The Balaban J connectivity index is 1.22. The number of likely N-dealkylation sites (tertiary alicyclic amines) is 1. The summed E-state index contributed by atoms with van der Waals surface area (Å²) in [6.45, 7) is 0. The van der Waals surface area contributed by atoms with Crippen LogP contribution in [0.1, 0.15) is 186 Å². The first-order valence-electron chi connectivity index (χ1n) is 20.8. The van der Waals surface area contributed by atoms with Crippen LogP contribution in [0.4, 0.5) is 0 Å². The van der Waals surface area contributed by atoms with Gasteiger partial charge in [0.1, 0.15) is 0 Å². The van der Waals surface area contributed by atoms with Crippen LogP contribution in [-0.4, -0.2) is 29.3 Å². The van der Waals surface area contributed by atoms with Crippen molar-refractivity contribution in [3.8, 4) is 0 Å². The van der Waals surface area contributed by atoms with Gasteiger partial charge in [-0.05, 0) is 61.2 Å². The fourth-order valence-electron chi connectivity index (χ4n) is 13.6. The number of quaternary nitrogens is 1. The molecule has 4 atom stereocenters. The zero-order valence-corrected chi connectivity index (χ0v) is 28.4. The summed E-state index contributed by atoms with van der Waals surface area (Å²) in [6.07, 6.45) is 43.1. The van der Waals surface area contributed by atoms with Gasteiger partial charge in [-0.25, -0.2) is 0 Å². The fourth-order valence-corrected chi connectivity index (χ4v) is 13.6. The molecule has 246 valence electrons. The third-order valence-electron chi connectivity index (χ3n) is 15.7. The van der Waals surface area contributed by atoms with Crippen LogP contribution in [0.5, 0.6) is 0 Å². The first-order chi connectivity index (χ1) is 21.3. The standard InChI is InChI=1S/C41H71NO/c43-41-37(31-18-8-2-9-19-31)28-36(29-38(41)32-20-10-3-11-21-32)42-39(33-22-12-4-13-23-33)26-35(30-16-6-1-7-17-30)27-40(42)34-24-14-5-15-25-34/h30-41,43H,1-29H2/p+1. The quantitative estimate of drug-likeness (QED) is 0.314. The van der Waals surface area contributed by atoms with Crippen LogP contribution >= 0.6 is 0 Å². The van der Waals surface area contributed by atoms with E-state index in [0.29, 0.717) is 11.8 Å². The molecule has 6 aliphatic carbocycles. The minimum Gasteiger partial charge on any atom is -0.393 e. The summed E-state index contributed by atoms with van der Waals surface area (Å²) in [5.41, 5.74) is 0. The molecule has 0 radical (unpaired) electrons. The van der Waals surface area contributed by atoms with Gasteiger partial charge in [0.25, 0.3) is 0 Å². The Bertz CT molecular complexity index is 756. The Morgan fingerprint density at radius 3 is 1.02 bits per heavy atom. The molecular weight excluding hydrogens is 522 g/mol. The molecule has 2 heteroatoms. The van der Waals surface area contributed by atoms with Gasteiger partial charge in [-0.1, -0.05) is 135 Å². The lowest BCUT2D eigenvalue weighted by molar-refractivity contribution is -0.989. The maximum absolute atomic E-state index is 12.3. The minimum absolute atomic E-state index is 0.00267. The van der Waals surface area contributed by atoms with Crippen LogP contribution in [0, 0.1) is 47.3 Å². The van der Waals surface area contributed by atoms with Crippen molar-refractivity contribution in [2.45, 2.75) is 210 Å². The predicted octanol–water partition coefficient (Wildman–Crippen LogP) is 9.68. The Labute approximate surface area is 267 Å². The summed E-state index contributed by atoms with van der Waals surface area (Å²) in [7, 11) is 0. The Morgan fingerprint density at radius 1 is 0.326 bits per heavy atom. The van der Waals surface area contributed by atoms with Gasteiger partial charge in [0, 0.05) is 37.5 Å². The number of aliphatic hydroxyl groups is 1. The molecular formula is C41H72NO+. The van der Waals surface area contributed by atoms with Gasteiger partial charge < -0.3 is 10.0 Å². The van der Waals surface area contributed by atoms with Crippen LogP contribution in [0.3, 0.4) is 0 Å². The molecule has 0 amide bonds. The molecule has 4 unspecified atom stereocenters. The molecule has 6 saturated carbocycles. The van der Waals surface area contributed by atoms with Crippen molar-refractivity contribution in [2.24, 2.45) is 47.3 Å². The second kappa shape index (κ2) is 15.2. The number of aliphatic hydroxyl groups excluding tert-OH is 1. The van der Waals surface area contributed by atoms with Gasteiger partial charge in [0.05, 0.1) is 24.2 Å². The Hall–Kier alpha value is -0.0800. The molecule has 0 aromatic carbocycles. The van der Waals surface area contributed by atoms with Crippen molar-refractivity contribution in [1.82, 2.24) is 0 Å². The molecule has 0 aromatic rings. The van der Waals surface area contributed by atoms with Crippen molar-refractivity contribution < 1.29 is 10.0 Å². The van der Waals surface area contributed by atoms with E-state index in [1.165, 1.54) is 161 Å². The first kappa shape index (κ1) is 31.5. The summed E-state index contributed by atoms with van der Waals surface area (Å²) in [5.74, 6) is 6.91. The highest BCUT2D eigenvalue weighted by molar-refractivity contribution is 4.96. The minimum atomic E-state index is 0.00267. The van der Waals surface area contributed by atoms with Crippen molar-refractivity contribution in [3.05, 3.63) is 0 Å². The predicted molar refractivity (Wildman–Crippen MR) is 180 cm³/mol. The lowest BCUT2D eigenvalue weighted by Crippen LogP contribution is -3.25. The van der Waals surface area contributed by atoms with E-state index in [-0.39, 0.29) is 6.10 Å². The average Bonchev–Trinajstić information content (AvgIpc) is 3.10. The van der Waals surface area contributed by atoms with Gasteiger partial charge in [-0.2, -0.15) is 0 Å². The molecule has 7 fully saturated rings. The number of rotatable bonds is 6. The molecule has 1 saturated heterocycles. The summed E-state index contributed by atoms with van der Waals surface area (Å²) >= 11 is 0. The summed E-state index contributed by atoms with van der Waals surface area (Å²) in [6, 6.07) is 2.72. The second-order valence-electron chi connectivity index (χ2n) is 17.9. The van der Waals surface area contributed by atoms with Crippen molar-refractivity contribution >= 4 is 0 Å². The van der Waals surface area contributed by atoms with E-state index in [0.717, 1.165) is 53.6 Å². The van der Waals surface area contributed by atoms with Crippen LogP contribution in [0.2, 0.25) is 0 Å². The monoisotopic (exact) mass is 595 g/mol. The van der Waals surface area contributed by atoms with E-state index in [9.17, 15) is 5.11 Å². The average molecular weight is 595 g/mol. The highest BCUT2D eigenvalue weighted by Crippen LogP contribution is 2.47. The topological polar surface area (TPSA) is 24.7 Å². The molecule has 2 N–H and O–H groups in total. The lowest BCUT2D eigenvalue weighted by atomic mass is 9.60. The molecule has 0 bridgehead atoms. The highest BCUT2D eigenvalue weighted by atomic mass is 16.3. The van der Waals surface area contributed by atoms with Crippen LogP contribution in [-0.2, 0) is 0 Å². The number of piperidine rings is 1. The molecule has 7 aliphatic rings. The number of hydrogen-bond donors (Lipinski definition) is 2. The van der Waals surface area contributed by atoms with Crippen molar-refractivity contribution in [3.63, 3.8) is 0 Å². The first-order valence-corrected chi connectivity index (χ1v) is 20.8. The Morgan fingerprint density at radius 2 is 0.651 bits per heavy atom. The van der Waals surface area contributed by atoms with E-state index in [1.54, 1.807) is 25.7 Å². The van der Waals surface area contributed by atoms with E-state index >= 15 is 0 Å². The van der Waals surface area contributed by atoms with E-state index in [2.05, 4.69) is 4.90 Å². The normalized spacial score (nSPS) is 42.6. The molecule has 43 heavy (non-hydrogen) atoms. The third-order valence-corrected chi connectivity index (χ3v) is 15.7. The highest BCUT2D eigenvalue weighted by Gasteiger charge is 2.54. The zero-order valence-electron chi connectivity index (χ0n) is 28.4. The molecule has 0 spiro atoms. The maximum Gasteiger partial charge on any atom is 0.0910 e. The van der Waals surface area contributed by atoms with Gasteiger partial charge in [0.15, 0.2) is 0 Å². The van der Waals surface area contributed by atoms with E-state index in [4.69, 9.17) is 0 Å². The zero-order chi connectivity index (χ0) is 29.0. The second-order valence-corrected chi connectivity index (χ2v) is 17.9. The maximum atomic E-state index is 12.3. The SMILES string of the molecule is OC1C(C2CCCCC2)CC([NH+]2C(C3CCCCC3)CC(C3CCCCC3)CC2C2CCCCC2)CC1C1CCCCC1. The van der Waals surface area contributed by atoms with E-state index < -0.39 is 0 Å². The van der Waals surface area contributed by atoms with Crippen LogP contribution < -0.4 is 4.90 Å². The molecule has 1 heterocycles. The number of hydrogen-bond acceptors (Lipinski definition) is 1. The third kappa shape index (κ3) is 7.26. The van der Waals surface area contributed by atoms with Crippen molar-refractivity contribution in [2.75, 3.05) is 0 Å². The van der Waals surface area contributed by atoms with Crippen LogP contribution in [0.25, 0.3) is 0 Å². The lowest BCUT2D eigenvalue weighted by Gasteiger charge is -2.56. The molecule has 0 aromatic heterocycles. The Kier molecular flexibility index (Phi) is 11.2. The van der Waals surface area contributed by atoms with Crippen molar-refractivity contribution in [1.29, 1.82) is 0 Å². The van der Waals surface area contributed by atoms with Gasteiger partial charge in [-0.3, -0.25) is 0 Å². The summed E-state index contributed by atoms with van der Waals surface area (Å²) in [5, 5.41) is 12.3. The smallest absolute Gasteiger partial charge is 0.0910 e. The summed E-state index contributed by atoms with van der Waals surface area (Å²) in [4.78, 5) is 2.19.